The number of aliphatic hydroxyl groups is 2. The molecule has 0 spiro atoms. The SMILES string of the molecule is O[C@H]1C[C@@H]2[C@H]3C[C@H](O)[C@H]4[C@H]3C[C@@H]2[C@@H]41. The number of fused-ring (bicyclic) bond motifs is 2. The van der Waals surface area contributed by atoms with E-state index >= 15 is 0 Å². The second-order valence-corrected chi connectivity index (χ2v) is 5.65. The highest BCUT2D eigenvalue weighted by atomic mass is 16.3. The van der Waals surface area contributed by atoms with Gasteiger partial charge >= 0.3 is 0 Å². The lowest BCUT2D eigenvalue weighted by molar-refractivity contribution is 0.0365. The standard InChI is InChI=1S/C11H16O2/c12-8-2-4-5-3-9(13)11-7(5)1-6(4)10(8)11/h4-13H,1-3H2/t4-,5-,6+,7+,8+,9+,10-,11-/m1/s1. The first-order chi connectivity index (χ1) is 6.27. The molecule has 2 N–H and O–H groups in total. The minimum Gasteiger partial charge on any atom is -0.393 e. The molecule has 2 nitrogen and oxygen atoms in total. The van der Waals surface area contributed by atoms with E-state index in [0.717, 1.165) is 36.5 Å². The van der Waals surface area contributed by atoms with Gasteiger partial charge in [0.1, 0.15) is 0 Å². The molecule has 0 amide bonds. The van der Waals surface area contributed by atoms with E-state index < -0.39 is 0 Å². The summed E-state index contributed by atoms with van der Waals surface area (Å²) in [6.45, 7) is 0. The third kappa shape index (κ3) is 0.608. The molecule has 2 bridgehead atoms. The van der Waals surface area contributed by atoms with Crippen LogP contribution in [0.2, 0.25) is 0 Å². The van der Waals surface area contributed by atoms with Crippen LogP contribution in [0.4, 0.5) is 0 Å². The first kappa shape index (κ1) is 7.24. The summed E-state index contributed by atoms with van der Waals surface area (Å²) < 4.78 is 0. The van der Waals surface area contributed by atoms with E-state index in [0.29, 0.717) is 11.8 Å². The maximum Gasteiger partial charge on any atom is 0.0577 e. The molecule has 0 aliphatic heterocycles. The summed E-state index contributed by atoms with van der Waals surface area (Å²) in [6, 6.07) is 0. The predicted octanol–water partition coefficient (Wildman–Crippen LogP) is 0.630. The molecule has 13 heavy (non-hydrogen) atoms. The summed E-state index contributed by atoms with van der Waals surface area (Å²) in [5.74, 6) is 4.07. The molecule has 4 aliphatic carbocycles. The Bertz CT molecular complexity index is 235. The van der Waals surface area contributed by atoms with Gasteiger partial charge < -0.3 is 10.2 Å². The van der Waals surface area contributed by atoms with E-state index in [1.807, 2.05) is 0 Å². The molecule has 0 radical (unpaired) electrons. The number of hydrogen-bond donors (Lipinski definition) is 2. The lowest BCUT2D eigenvalue weighted by Gasteiger charge is -2.27. The van der Waals surface area contributed by atoms with E-state index in [4.69, 9.17) is 0 Å². The van der Waals surface area contributed by atoms with Crippen LogP contribution in [-0.4, -0.2) is 22.4 Å². The Hall–Kier alpha value is -0.0800. The Balaban J connectivity index is 1.86. The second kappa shape index (κ2) is 1.96. The van der Waals surface area contributed by atoms with Gasteiger partial charge in [-0.3, -0.25) is 0 Å². The summed E-state index contributed by atoms with van der Waals surface area (Å²) in [5.41, 5.74) is 0. The molecular weight excluding hydrogens is 164 g/mol. The van der Waals surface area contributed by atoms with Crippen LogP contribution in [0.25, 0.3) is 0 Å². The minimum absolute atomic E-state index is 0.0788. The average Bonchev–Trinajstić information content (AvgIpc) is 2.67. The van der Waals surface area contributed by atoms with E-state index in [1.54, 1.807) is 0 Å². The Morgan fingerprint density at radius 3 is 1.54 bits per heavy atom. The molecule has 0 unspecified atom stereocenters. The normalized spacial score (nSPS) is 72.5. The van der Waals surface area contributed by atoms with Crippen molar-refractivity contribution in [2.75, 3.05) is 0 Å². The van der Waals surface area contributed by atoms with Gasteiger partial charge in [0.2, 0.25) is 0 Å². The fourth-order valence-corrected chi connectivity index (χ4v) is 5.41. The van der Waals surface area contributed by atoms with E-state index in [2.05, 4.69) is 0 Å². The Kier molecular flexibility index (Phi) is 1.09. The van der Waals surface area contributed by atoms with Crippen LogP contribution in [0.15, 0.2) is 0 Å². The molecule has 0 heterocycles. The smallest absolute Gasteiger partial charge is 0.0577 e. The zero-order chi connectivity index (χ0) is 8.74. The van der Waals surface area contributed by atoms with Crippen LogP contribution in [0.5, 0.6) is 0 Å². The van der Waals surface area contributed by atoms with Crippen LogP contribution in [0, 0.1) is 35.5 Å². The molecule has 0 aromatic rings. The van der Waals surface area contributed by atoms with Crippen LogP contribution in [-0.2, 0) is 0 Å². The first-order valence-corrected chi connectivity index (χ1v) is 5.63. The first-order valence-electron chi connectivity index (χ1n) is 5.63. The van der Waals surface area contributed by atoms with Crippen molar-refractivity contribution in [1.29, 1.82) is 0 Å². The molecular formula is C11H16O2. The van der Waals surface area contributed by atoms with Gasteiger partial charge in [-0.05, 0) is 54.8 Å². The zero-order valence-electron chi connectivity index (χ0n) is 7.63. The molecule has 4 aliphatic rings. The summed E-state index contributed by atoms with van der Waals surface area (Å²) >= 11 is 0. The lowest BCUT2D eigenvalue weighted by Crippen LogP contribution is -2.30. The summed E-state index contributed by atoms with van der Waals surface area (Å²) in [6.07, 6.45) is 3.24. The predicted molar refractivity (Wildman–Crippen MR) is 46.8 cm³/mol. The van der Waals surface area contributed by atoms with Crippen molar-refractivity contribution in [3.8, 4) is 0 Å². The van der Waals surface area contributed by atoms with Crippen LogP contribution in [0.1, 0.15) is 19.3 Å². The Morgan fingerprint density at radius 1 is 0.615 bits per heavy atom. The Morgan fingerprint density at radius 2 is 1.08 bits per heavy atom. The van der Waals surface area contributed by atoms with Gasteiger partial charge in [-0.15, -0.1) is 0 Å². The van der Waals surface area contributed by atoms with Crippen LogP contribution < -0.4 is 0 Å². The maximum atomic E-state index is 9.93. The highest BCUT2D eigenvalue weighted by molar-refractivity contribution is 5.17. The van der Waals surface area contributed by atoms with Gasteiger partial charge in [0.05, 0.1) is 12.2 Å². The van der Waals surface area contributed by atoms with Gasteiger partial charge in [0.25, 0.3) is 0 Å². The largest absolute Gasteiger partial charge is 0.393 e. The molecule has 72 valence electrons. The molecule has 0 aromatic heterocycles. The van der Waals surface area contributed by atoms with Gasteiger partial charge in [0, 0.05) is 0 Å². The molecule has 2 heteroatoms. The van der Waals surface area contributed by atoms with Crippen LogP contribution in [0.3, 0.4) is 0 Å². The zero-order valence-corrected chi connectivity index (χ0v) is 7.63. The summed E-state index contributed by atoms with van der Waals surface area (Å²) in [7, 11) is 0. The van der Waals surface area contributed by atoms with Crippen molar-refractivity contribution in [2.24, 2.45) is 35.5 Å². The topological polar surface area (TPSA) is 40.5 Å². The van der Waals surface area contributed by atoms with Crippen molar-refractivity contribution < 1.29 is 10.2 Å². The minimum atomic E-state index is -0.0788. The monoisotopic (exact) mass is 180 g/mol. The Labute approximate surface area is 78.0 Å². The van der Waals surface area contributed by atoms with Crippen molar-refractivity contribution in [1.82, 2.24) is 0 Å². The molecule has 0 saturated heterocycles. The lowest BCUT2D eigenvalue weighted by atomic mass is 9.79. The fourth-order valence-electron chi connectivity index (χ4n) is 5.41. The highest BCUT2D eigenvalue weighted by Gasteiger charge is 2.68. The number of aliphatic hydroxyl groups excluding tert-OH is 2. The summed E-state index contributed by atoms with van der Waals surface area (Å²) in [4.78, 5) is 0. The second-order valence-electron chi connectivity index (χ2n) is 5.65. The number of rotatable bonds is 0. The van der Waals surface area contributed by atoms with Gasteiger partial charge in [-0.1, -0.05) is 0 Å². The third-order valence-corrected chi connectivity index (χ3v) is 5.54. The van der Waals surface area contributed by atoms with E-state index in [9.17, 15) is 10.2 Å². The van der Waals surface area contributed by atoms with Crippen molar-refractivity contribution in [3.05, 3.63) is 0 Å². The fraction of sp³-hybridized carbons (Fsp3) is 1.00. The van der Waals surface area contributed by atoms with E-state index in [-0.39, 0.29) is 12.2 Å². The number of hydrogen-bond acceptors (Lipinski definition) is 2. The summed E-state index contributed by atoms with van der Waals surface area (Å²) in [5, 5.41) is 19.9. The van der Waals surface area contributed by atoms with Gasteiger partial charge in [0.15, 0.2) is 0 Å². The van der Waals surface area contributed by atoms with Gasteiger partial charge in [-0.2, -0.15) is 0 Å². The van der Waals surface area contributed by atoms with Crippen LogP contribution >= 0.6 is 0 Å². The third-order valence-electron chi connectivity index (χ3n) is 5.54. The van der Waals surface area contributed by atoms with Gasteiger partial charge in [-0.25, -0.2) is 0 Å². The molecule has 0 aromatic carbocycles. The van der Waals surface area contributed by atoms with Crippen molar-refractivity contribution in [2.45, 2.75) is 31.5 Å². The van der Waals surface area contributed by atoms with Crippen molar-refractivity contribution >= 4 is 0 Å². The highest BCUT2D eigenvalue weighted by Crippen LogP contribution is 2.70. The average molecular weight is 180 g/mol. The van der Waals surface area contributed by atoms with Crippen molar-refractivity contribution in [3.63, 3.8) is 0 Å². The maximum absolute atomic E-state index is 9.93. The van der Waals surface area contributed by atoms with E-state index in [1.165, 1.54) is 6.42 Å². The molecule has 4 rings (SSSR count). The molecule has 4 fully saturated rings. The molecule has 4 saturated carbocycles. The quantitative estimate of drug-likeness (QED) is 0.574. The molecule has 8 atom stereocenters.